The molecule has 2 heteroatoms. The van der Waals surface area contributed by atoms with Crippen molar-refractivity contribution in [1.29, 1.82) is 5.26 Å². The third-order valence-electron chi connectivity index (χ3n) is 1.61. The van der Waals surface area contributed by atoms with E-state index in [0.717, 1.165) is 5.56 Å². The van der Waals surface area contributed by atoms with Crippen LogP contribution in [-0.2, 0) is 0 Å². The smallest absolute Gasteiger partial charge is 0.0854 e. The summed E-state index contributed by atoms with van der Waals surface area (Å²) in [5.41, 5.74) is 1.03. The number of nitriles is 1. The number of aliphatic hydroxyl groups is 1. The van der Waals surface area contributed by atoms with Crippen LogP contribution in [-0.4, -0.2) is 11.2 Å². The Hall–Kier alpha value is -1.59. The molecule has 13 heavy (non-hydrogen) atoms. The number of benzene rings is 1. The van der Waals surface area contributed by atoms with Crippen LogP contribution in [0.15, 0.2) is 36.4 Å². The van der Waals surface area contributed by atoms with Crippen LogP contribution in [0.4, 0.5) is 0 Å². The van der Waals surface area contributed by atoms with E-state index < -0.39 is 6.10 Å². The second kappa shape index (κ2) is 5.13. The lowest BCUT2D eigenvalue weighted by molar-refractivity contribution is 0.229. The van der Waals surface area contributed by atoms with Gasteiger partial charge in [-0.15, -0.1) is 0 Å². The van der Waals surface area contributed by atoms with Crippen molar-refractivity contribution in [2.45, 2.75) is 12.5 Å². The van der Waals surface area contributed by atoms with Crippen molar-refractivity contribution in [3.8, 4) is 6.07 Å². The summed E-state index contributed by atoms with van der Waals surface area (Å²) in [4.78, 5) is 0. The van der Waals surface area contributed by atoms with E-state index in [4.69, 9.17) is 5.26 Å². The van der Waals surface area contributed by atoms with E-state index >= 15 is 0 Å². The Balaban J connectivity index is 2.55. The van der Waals surface area contributed by atoms with Crippen molar-refractivity contribution in [3.05, 3.63) is 42.0 Å². The Morgan fingerprint density at radius 2 is 2.08 bits per heavy atom. The predicted octanol–water partition coefficient (Wildman–Crippen LogP) is 1.97. The molecule has 1 N–H and O–H groups in total. The monoisotopic (exact) mass is 173 g/mol. The van der Waals surface area contributed by atoms with Gasteiger partial charge in [-0.1, -0.05) is 42.5 Å². The molecule has 1 atom stereocenters. The molecule has 0 radical (unpaired) electrons. The molecule has 0 aliphatic carbocycles. The molecule has 0 aliphatic rings. The highest BCUT2D eigenvalue weighted by atomic mass is 16.3. The topological polar surface area (TPSA) is 44.0 Å². The Morgan fingerprint density at radius 1 is 1.38 bits per heavy atom. The zero-order valence-corrected chi connectivity index (χ0v) is 7.22. The maximum atomic E-state index is 9.20. The van der Waals surface area contributed by atoms with E-state index in [1.165, 1.54) is 0 Å². The first-order chi connectivity index (χ1) is 6.33. The second-order valence-electron chi connectivity index (χ2n) is 2.70. The van der Waals surface area contributed by atoms with Crippen LogP contribution in [0.2, 0.25) is 0 Å². The molecule has 0 bridgehead atoms. The molecule has 0 fully saturated rings. The molecule has 0 saturated carbocycles. The zero-order valence-electron chi connectivity index (χ0n) is 7.22. The summed E-state index contributed by atoms with van der Waals surface area (Å²) in [6, 6.07) is 11.6. The Bertz CT molecular complexity index is 311. The van der Waals surface area contributed by atoms with Gasteiger partial charge < -0.3 is 5.11 Å². The lowest BCUT2D eigenvalue weighted by Crippen LogP contribution is -1.98. The second-order valence-corrected chi connectivity index (χ2v) is 2.70. The van der Waals surface area contributed by atoms with Crippen molar-refractivity contribution >= 4 is 6.08 Å². The highest BCUT2D eigenvalue weighted by Crippen LogP contribution is 2.02. The SMILES string of the molecule is N#CC[C@H](O)/C=C/c1ccccc1. The van der Waals surface area contributed by atoms with Crippen LogP contribution in [0.5, 0.6) is 0 Å². The van der Waals surface area contributed by atoms with Gasteiger partial charge in [0, 0.05) is 0 Å². The molecular weight excluding hydrogens is 162 g/mol. The van der Waals surface area contributed by atoms with Gasteiger partial charge in [0.05, 0.1) is 18.6 Å². The summed E-state index contributed by atoms with van der Waals surface area (Å²) in [6.07, 6.45) is 2.91. The maximum Gasteiger partial charge on any atom is 0.0854 e. The van der Waals surface area contributed by atoms with Gasteiger partial charge in [-0.05, 0) is 5.56 Å². The van der Waals surface area contributed by atoms with Gasteiger partial charge >= 0.3 is 0 Å². The summed E-state index contributed by atoms with van der Waals surface area (Å²) in [5.74, 6) is 0. The minimum absolute atomic E-state index is 0.142. The predicted molar refractivity (Wildman–Crippen MR) is 51.7 cm³/mol. The van der Waals surface area contributed by atoms with E-state index in [1.807, 2.05) is 42.5 Å². The summed E-state index contributed by atoms with van der Waals surface area (Å²) < 4.78 is 0. The lowest BCUT2D eigenvalue weighted by Gasteiger charge is -1.97. The van der Waals surface area contributed by atoms with Crippen LogP contribution in [0.25, 0.3) is 6.08 Å². The van der Waals surface area contributed by atoms with E-state index in [9.17, 15) is 5.11 Å². The number of aliphatic hydroxyl groups excluding tert-OH is 1. The Kier molecular flexibility index (Phi) is 3.74. The summed E-state index contributed by atoms with van der Waals surface area (Å²) in [6.45, 7) is 0. The van der Waals surface area contributed by atoms with Crippen LogP contribution in [0.1, 0.15) is 12.0 Å². The molecule has 0 spiro atoms. The summed E-state index contributed by atoms with van der Waals surface area (Å²) in [5, 5.41) is 17.5. The van der Waals surface area contributed by atoms with Gasteiger partial charge in [0.2, 0.25) is 0 Å². The van der Waals surface area contributed by atoms with Crippen molar-refractivity contribution < 1.29 is 5.11 Å². The van der Waals surface area contributed by atoms with Crippen LogP contribution < -0.4 is 0 Å². The van der Waals surface area contributed by atoms with Gasteiger partial charge in [-0.3, -0.25) is 0 Å². The molecule has 0 amide bonds. The molecule has 0 unspecified atom stereocenters. The van der Waals surface area contributed by atoms with E-state index in [0.29, 0.717) is 0 Å². The normalized spacial score (nSPS) is 12.6. The first-order valence-corrected chi connectivity index (χ1v) is 4.11. The van der Waals surface area contributed by atoms with Crippen LogP contribution >= 0.6 is 0 Å². The average molecular weight is 173 g/mol. The minimum Gasteiger partial charge on any atom is -0.388 e. The van der Waals surface area contributed by atoms with Gasteiger partial charge in [0.1, 0.15) is 0 Å². The van der Waals surface area contributed by atoms with E-state index in [2.05, 4.69) is 0 Å². The molecule has 0 aromatic heterocycles. The largest absolute Gasteiger partial charge is 0.388 e. The molecule has 1 aromatic rings. The van der Waals surface area contributed by atoms with Gasteiger partial charge in [-0.25, -0.2) is 0 Å². The van der Waals surface area contributed by atoms with Crippen LogP contribution in [0, 0.1) is 11.3 Å². The van der Waals surface area contributed by atoms with Gasteiger partial charge in [0.15, 0.2) is 0 Å². The fourth-order valence-corrected chi connectivity index (χ4v) is 0.948. The van der Waals surface area contributed by atoms with Crippen molar-refractivity contribution in [2.24, 2.45) is 0 Å². The molecule has 0 saturated heterocycles. The average Bonchev–Trinajstić information content (AvgIpc) is 2.17. The van der Waals surface area contributed by atoms with Crippen molar-refractivity contribution in [1.82, 2.24) is 0 Å². The number of hydrogen-bond acceptors (Lipinski definition) is 2. The van der Waals surface area contributed by atoms with Crippen molar-refractivity contribution in [3.63, 3.8) is 0 Å². The Morgan fingerprint density at radius 3 is 2.69 bits per heavy atom. The van der Waals surface area contributed by atoms with E-state index in [1.54, 1.807) is 6.08 Å². The minimum atomic E-state index is -0.662. The Labute approximate surface area is 77.8 Å². The lowest BCUT2D eigenvalue weighted by atomic mass is 10.2. The quantitative estimate of drug-likeness (QED) is 0.759. The number of hydrogen-bond donors (Lipinski definition) is 1. The van der Waals surface area contributed by atoms with Gasteiger partial charge in [0.25, 0.3) is 0 Å². The standard InChI is InChI=1S/C11H11NO/c12-9-8-11(13)7-6-10-4-2-1-3-5-10/h1-7,11,13H,8H2/b7-6+/t11-/m1/s1. The van der Waals surface area contributed by atoms with E-state index in [-0.39, 0.29) is 6.42 Å². The molecule has 1 rings (SSSR count). The van der Waals surface area contributed by atoms with Gasteiger partial charge in [-0.2, -0.15) is 5.26 Å². The molecule has 0 heterocycles. The maximum absolute atomic E-state index is 9.20. The molecule has 66 valence electrons. The first-order valence-electron chi connectivity index (χ1n) is 4.11. The number of rotatable bonds is 3. The van der Waals surface area contributed by atoms with Crippen LogP contribution in [0.3, 0.4) is 0 Å². The molecule has 0 aliphatic heterocycles. The fraction of sp³-hybridized carbons (Fsp3) is 0.182. The first kappa shape index (κ1) is 9.50. The highest BCUT2D eigenvalue weighted by Gasteiger charge is 1.95. The third-order valence-corrected chi connectivity index (χ3v) is 1.61. The highest BCUT2D eigenvalue weighted by molar-refractivity contribution is 5.49. The molecule has 2 nitrogen and oxygen atoms in total. The number of nitrogens with zero attached hydrogens (tertiary/aromatic N) is 1. The summed E-state index contributed by atoms with van der Waals surface area (Å²) in [7, 11) is 0. The fourth-order valence-electron chi connectivity index (χ4n) is 0.948. The molecule has 1 aromatic carbocycles. The van der Waals surface area contributed by atoms with Crippen molar-refractivity contribution in [2.75, 3.05) is 0 Å². The third kappa shape index (κ3) is 3.55. The zero-order chi connectivity index (χ0) is 9.52. The summed E-state index contributed by atoms with van der Waals surface area (Å²) >= 11 is 0. The molecular formula is C11H11NO.